The van der Waals surface area contributed by atoms with Crippen LogP contribution in [-0.4, -0.2) is 0 Å². The fraction of sp³-hybridized carbons (Fsp3) is 0. The largest absolute Gasteiger partial charge is 0.310 e. The van der Waals surface area contributed by atoms with Crippen molar-refractivity contribution >= 4 is 80.9 Å². The molecule has 1 nitrogen and oxygen atoms in total. The van der Waals surface area contributed by atoms with Gasteiger partial charge in [-0.2, -0.15) is 0 Å². The average molecular weight is 654 g/mol. The van der Waals surface area contributed by atoms with Crippen LogP contribution in [0.4, 0.5) is 17.1 Å². The lowest BCUT2D eigenvalue weighted by Gasteiger charge is -2.27. The first-order valence-electron chi connectivity index (χ1n) is 17.1. The molecule has 0 bridgehead atoms. The fourth-order valence-corrected chi connectivity index (χ4v) is 8.94. The van der Waals surface area contributed by atoms with Crippen LogP contribution in [0.1, 0.15) is 0 Å². The average Bonchev–Trinajstić information content (AvgIpc) is 3.58. The summed E-state index contributed by atoms with van der Waals surface area (Å²) in [5.74, 6) is 0. The highest BCUT2D eigenvalue weighted by atomic mass is 32.1. The molecule has 10 aromatic rings. The molecule has 0 fully saturated rings. The minimum Gasteiger partial charge on any atom is -0.310 e. The van der Waals surface area contributed by atoms with E-state index >= 15 is 0 Å². The standard InChI is InChI=1S/C48H31NS/c1-2-11-33(12-3-1)43-29-30-45(47-44-18-8-9-20-46(44)50-48(43)47)49(38-27-28-42-36(31-38)22-21-34-14-5-7-17-40(34)42)37-25-23-35(24-26-37)41-19-10-15-32-13-4-6-16-39(32)41/h1-31H. The number of hydrogen-bond donors (Lipinski definition) is 0. The maximum Gasteiger partial charge on any atom is 0.0555 e. The van der Waals surface area contributed by atoms with Gasteiger partial charge in [-0.25, -0.2) is 0 Å². The van der Waals surface area contributed by atoms with E-state index in [1.54, 1.807) is 0 Å². The summed E-state index contributed by atoms with van der Waals surface area (Å²) in [7, 11) is 0. The van der Waals surface area contributed by atoms with Crippen LogP contribution in [0, 0.1) is 0 Å². The molecule has 0 aliphatic rings. The predicted molar refractivity (Wildman–Crippen MR) is 217 cm³/mol. The van der Waals surface area contributed by atoms with Crippen LogP contribution < -0.4 is 4.90 Å². The van der Waals surface area contributed by atoms with Gasteiger partial charge < -0.3 is 4.90 Å². The topological polar surface area (TPSA) is 3.24 Å². The molecule has 0 spiro atoms. The van der Waals surface area contributed by atoms with E-state index in [0.717, 1.165) is 11.4 Å². The second-order valence-electron chi connectivity index (χ2n) is 12.9. The quantitative estimate of drug-likeness (QED) is 0.167. The van der Waals surface area contributed by atoms with Crippen molar-refractivity contribution < 1.29 is 0 Å². The van der Waals surface area contributed by atoms with Crippen LogP contribution in [0.3, 0.4) is 0 Å². The second-order valence-corrected chi connectivity index (χ2v) is 14.0. The normalized spacial score (nSPS) is 11.6. The molecular formula is C48H31NS. The van der Waals surface area contributed by atoms with Crippen molar-refractivity contribution in [3.63, 3.8) is 0 Å². The number of benzene rings is 9. The smallest absolute Gasteiger partial charge is 0.0555 e. The molecule has 9 aromatic carbocycles. The Labute approximate surface area is 294 Å². The number of nitrogens with zero attached hydrogens (tertiary/aromatic N) is 1. The third kappa shape index (κ3) is 4.69. The van der Waals surface area contributed by atoms with Crippen molar-refractivity contribution in [1.29, 1.82) is 0 Å². The van der Waals surface area contributed by atoms with Gasteiger partial charge in [0.25, 0.3) is 0 Å². The van der Waals surface area contributed by atoms with Gasteiger partial charge in [0.05, 0.1) is 5.69 Å². The van der Waals surface area contributed by atoms with Gasteiger partial charge in [0.15, 0.2) is 0 Å². The molecule has 50 heavy (non-hydrogen) atoms. The highest BCUT2D eigenvalue weighted by molar-refractivity contribution is 7.26. The van der Waals surface area contributed by atoms with Gasteiger partial charge >= 0.3 is 0 Å². The number of thiophene rings is 1. The Hall–Kier alpha value is -6.22. The lowest BCUT2D eigenvalue weighted by Crippen LogP contribution is -2.10. The van der Waals surface area contributed by atoms with Gasteiger partial charge in [-0.3, -0.25) is 0 Å². The Morgan fingerprint density at radius 2 is 0.980 bits per heavy atom. The van der Waals surface area contributed by atoms with Gasteiger partial charge in [-0.15, -0.1) is 11.3 Å². The summed E-state index contributed by atoms with van der Waals surface area (Å²) >= 11 is 1.88. The third-order valence-corrected chi connectivity index (χ3v) is 11.2. The summed E-state index contributed by atoms with van der Waals surface area (Å²) in [6, 6.07) is 68.7. The molecule has 10 rings (SSSR count). The van der Waals surface area contributed by atoms with Gasteiger partial charge in [-0.1, -0.05) is 152 Å². The van der Waals surface area contributed by atoms with E-state index in [1.165, 1.54) is 80.4 Å². The molecule has 0 amide bonds. The zero-order valence-corrected chi connectivity index (χ0v) is 28.1. The highest BCUT2D eigenvalue weighted by Crippen LogP contribution is 2.49. The monoisotopic (exact) mass is 653 g/mol. The van der Waals surface area contributed by atoms with Gasteiger partial charge in [0.2, 0.25) is 0 Å². The molecule has 1 heterocycles. The van der Waals surface area contributed by atoms with E-state index in [4.69, 9.17) is 0 Å². The predicted octanol–water partition coefficient (Wildman–Crippen LogP) is 14.3. The summed E-state index contributed by atoms with van der Waals surface area (Å²) in [6.45, 7) is 0. The number of anilines is 3. The van der Waals surface area contributed by atoms with Crippen molar-refractivity contribution in [2.45, 2.75) is 0 Å². The second kappa shape index (κ2) is 11.7. The molecule has 0 N–H and O–H groups in total. The lowest BCUT2D eigenvalue weighted by atomic mass is 9.97. The van der Waals surface area contributed by atoms with E-state index in [-0.39, 0.29) is 0 Å². The molecule has 2 heteroatoms. The summed E-state index contributed by atoms with van der Waals surface area (Å²) in [5.41, 5.74) is 8.39. The van der Waals surface area contributed by atoms with E-state index in [1.807, 2.05) is 11.3 Å². The molecule has 0 saturated carbocycles. The van der Waals surface area contributed by atoms with E-state index in [9.17, 15) is 0 Å². The first kappa shape index (κ1) is 28.8. The van der Waals surface area contributed by atoms with Crippen LogP contribution in [0.2, 0.25) is 0 Å². The Kier molecular flexibility index (Phi) is 6.75. The number of hydrogen-bond acceptors (Lipinski definition) is 2. The summed E-state index contributed by atoms with van der Waals surface area (Å²) < 4.78 is 2.60. The van der Waals surface area contributed by atoms with Crippen LogP contribution in [0.25, 0.3) is 74.7 Å². The molecule has 0 aliphatic heterocycles. The molecule has 1 aromatic heterocycles. The zero-order chi connectivity index (χ0) is 33.0. The molecule has 0 atom stereocenters. The molecule has 0 unspecified atom stereocenters. The highest BCUT2D eigenvalue weighted by Gasteiger charge is 2.21. The minimum atomic E-state index is 1.12. The van der Waals surface area contributed by atoms with Gasteiger partial charge in [0, 0.05) is 31.5 Å². The summed E-state index contributed by atoms with van der Waals surface area (Å²) in [6.07, 6.45) is 0. The Bertz CT molecular complexity index is 2860. The van der Waals surface area contributed by atoms with Crippen molar-refractivity contribution in [3.05, 3.63) is 188 Å². The summed E-state index contributed by atoms with van der Waals surface area (Å²) in [4.78, 5) is 2.46. The lowest BCUT2D eigenvalue weighted by molar-refractivity contribution is 1.31. The molecule has 0 radical (unpaired) electrons. The molecule has 0 saturated heterocycles. The maximum absolute atomic E-state index is 2.46. The third-order valence-electron chi connectivity index (χ3n) is 10.0. The number of rotatable bonds is 5. The maximum atomic E-state index is 2.46. The van der Waals surface area contributed by atoms with Crippen molar-refractivity contribution in [2.24, 2.45) is 0 Å². The number of fused-ring (bicyclic) bond motifs is 7. The zero-order valence-electron chi connectivity index (χ0n) is 27.3. The van der Waals surface area contributed by atoms with Gasteiger partial charge in [-0.05, 0) is 91.0 Å². The van der Waals surface area contributed by atoms with Crippen LogP contribution in [-0.2, 0) is 0 Å². The van der Waals surface area contributed by atoms with Crippen molar-refractivity contribution in [1.82, 2.24) is 0 Å². The molecule has 234 valence electrons. The first-order valence-corrected chi connectivity index (χ1v) is 17.9. The SMILES string of the molecule is c1ccc(-c2ccc(N(c3ccc(-c4cccc5ccccc45)cc3)c3ccc4c(ccc5ccccc54)c3)c3c2sc2ccccc23)cc1. The van der Waals surface area contributed by atoms with E-state index in [2.05, 4.69) is 193 Å². The van der Waals surface area contributed by atoms with Crippen molar-refractivity contribution in [3.8, 4) is 22.3 Å². The first-order chi connectivity index (χ1) is 24.8. The van der Waals surface area contributed by atoms with Gasteiger partial charge in [0.1, 0.15) is 0 Å². The Morgan fingerprint density at radius 1 is 0.360 bits per heavy atom. The molecule has 0 aliphatic carbocycles. The Morgan fingerprint density at radius 3 is 1.82 bits per heavy atom. The summed E-state index contributed by atoms with van der Waals surface area (Å²) in [5, 5.41) is 10.1. The Balaban J connectivity index is 1.22. The van der Waals surface area contributed by atoms with Crippen LogP contribution in [0.15, 0.2) is 188 Å². The van der Waals surface area contributed by atoms with Crippen molar-refractivity contribution in [2.75, 3.05) is 4.90 Å². The van der Waals surface area contributed by atoms with Crippen LogP contribution in [0.5, 0.6) is 0 Å². The minimum absolute atomic E-state index is 1.12. The van der Waals surface area contributed by atoms with E-state index in [0.29, 0.717) is 0 Å². The van der Waals surface area contributed by atoms with E-state index < -0.39 is 0 Å². The molecular weight excluding hydrogens is 623 g/mol. The van der Waals surface area contributed by atoms with Crippen LogP contribution >= 0.6 is 11.3 Å². The fourth-order valence-electron chi connectivity index (χ4n) is 7.68.